The quantitative estimate of drug-likeness (QED) is 0.548. The molecule has 15 heavy (non-hydrogen) atoms. The molecule has 0 aromatic heterocycles. The van der Waals surface area contributed by atoms with Gasteiger partial charge in [-0.3, -0.25) is 9.59 Å². The molecule has 0 rings (SSSR count). The van der Waals surface area contributed by atoms with Crippen molar-refractivity contribution in [1.29, 1.82) is 0 Å². The Morgan fingerprint density at radius 3 is 2.53 bits per heavy atom. The van der Waals surface area contributed by atoms with Crippen molar-refractivity contribution in [3.05, 3.63) is 0 Å². The summed E-state index contributed by atoms with van der Waals surface area (Å²) in [5.41, 5.74) is 5.20. The van der Waals surface area contributed by atoms with Crippen molar-refractivity contribution in [2.45, 2.75) is 32.7 Å². The van der Waals surface area contributed by atoms with Gasteiger partial charge >= 0.3 is 0 Å². The number of rotatable bonds is 6. The fourth-order valence-electron chi connectivity index (χ4n) is 0.918. The number of amides is 2. The van der Waals surface area contributed by atoms with Crippen LogP contribution >= 0.6 is 12.2 Å². The summed E-state index contributed by atoms with van der Waals surface area (Å²) in [4.78, 5) is 22.6. The molecule has 0 radical (unpaired) electrons. The molecule has 0 bridgehead atoms. The number of nitrogens with two attached hydrogens (primary N) is 1. The fourth-order valence-corrected chi connectivity index (χ4v) is 1.05. The van der Waals surface area contributed by atoms with Crippen LogP contribution in [0, 0.1) is 0 Å². The molecule has 0 aliphatic rings. The van der Waals surface area contributed by atoms with Crippen LogP contribution < -0.4 is 16.4 Å². The van der Waals surface area contributed by atoms with Crippen molar-refractivity contribution in [2.75, 3.05) is 6.54 Å². The number of thiocarbonyl (C=S) groups is 1. The molecule has 0 aliphatic heterocycles. The van der Waals surface area contributed by atoms with Crippen molar-refractivity contribution in [3.8, 4) is 0 Å². The SMILES string of the molecule is CCCNC(=O)C(C)NC(=O)CC(N)=S. The van der Waals surface area contributed by atoms with E-state index >= 15 is 0 Å². The predicted molar refractivity (Wildman–Crippen MR) is 62.3 cm³/mol. The molecule has 1 unspecified atom stereocenters. The maximum Gasteiger partial charge on any atom is 0.242 e. The monoisotopic (exact) mass is 231 g/mol. The summed E-state index contributed by atoms with van der Waals surface area (Å²) in [5, 5.41) is 5.17. The third-order valence-electron chi connectivity index (χ3n) is 1.65. The highest BCUT2D eigenvalue weighted by molar-refractivity contribution is 7.80. The molecule has 0 aliphatic carbocycles. The number of carbonyl (C=O) groups is 2. The molecular formula is C9H17N3O2S. The maximum atomic E-state index is 11.3. The Morgan fingerprint density at radius 1 is 1.47 bits per heavy atom. The van der Waals surface area contributed by atoms with Crippen molar-refractivity contribution in [1.82, 2.24) is 10.6 Å². The first-order chi connectivity index (χ1) is 6.97. The van der Waals surface area contributed by atoms with Crippen molar-refractivity contribution in [3.63, 3.8) is 0 Å². The van der Waals surface area contributed by atoms with E-state index in [1.54, 1.807) is 6.92 Å². The van der Waals surface area contributed by atoms with E-state index in [0.717, 1.165) is 6.42 Å². The lowest BCUT2D eigenvalue weighted by Gasteiger charge is -2.13. The third-order valence-corrected chi connectivity index (χ3v) is 1.80. The number of hydrogen-bond acceptors (Lipinski definition) is 3. The van der Waals surface area contributed by atoms with Crippen molar-refractivity contribution in [2.24, 2.45) is 5.73 Å². The Bertz CT molecular complexity index is 256. The van der Waals surface area contributed by atoms with Gasteiger partial charge in [0, 0.05) is 6.54 Å². The van der Waals surface area contributed by atoms with Gasteiger partial charge < -0.3 is 16.4 Å². The number of nitrogens with one attached hydrogen (secondary N) is 2. The van der Waals surface area contributed by atoms with Crippen LogP contribution in [0.25, 0.3) is 0 Å². The Labute approximate surface area is 94.8 Å². The van der Waals surface area contributed by atoms with Crippen LogP contribution in [0.15, 0.2) is 0 Å². The minimum absolute atomic E-state index is 0.0271. The first kappa shape index (κ1) is 13.8. The molecule has 2 amide bonds. The standard InChI is InChI=1S/C9H17N3O2S/c1-3-4-11-9(14)6(2)12-8(13)5-7(10)15/h6H,3-5H2,1-2H3,(H2,10,15)(H,11,14)(H,12,13). The summed E-state index contributed by atoms with van der Waals surface area (Å²) in [6, 6.07) is -0.557. The molecule has 4 N–H and O–H groups in total. The normalized spacial score (nSPS) is 11.6. The van der Waals surface area contributed by atoms with Gasteiger partial charge in [-0.2, -0.15) is 0 Å². The van der Waals surface area contributed by atoms with Gasteiger partial charge in [-0.05, 0) is 13.3 Å². The van der Waals surface area contributed by atoms with Gasteiger partial charge in [0.1, 0.15) is 6.04 Å². The third kappa shape index (κ3) is 6.84. The Morgan fingerprint density at radius 2 is 2.07 bits per heavy atom. The zero-order valence-corrected chi connectivity index (χ0v) is 9.82. The summed E-state index contributed by atoms with van der Waals surface area (Å²) in [6.07, 6.45) is 0.833. The first-order valence-electron chi connectivity index (χ1n) is 4.82. The largest absolute Gasteiger partial charge is 0.393 e. The number of hydrogen-bond donors (Lipinski definition) is 3. The highest BCUT2D eigenvalue weighted by Gasteiger charge is 2.14. The smallest absolute Gasteiger partial charge is 0.242 e. The zero-order valence-electron chi connectivity index (χ0n) is 9.00. The topological polar surface area (TPSA) is 84.2 Å². The molecule has 0 fully saturated rings. The Hall–Kier alpha value is -1.17. The minimum Gasteiger partial charge on any atom is -0.393 e. The van der Waals surface area contributed by atoms with Gasteiger partial charge in [0.25, 0.3) is 0 Å². The summed E-state index contributed by atoms with van der Waals surface area (Å²) in [7, 11) is 0. The summed E-state index contributed by atoms with van der Waals surface area (Å²) in [5.74, 6) is -0.533. The van der Waals surface area contributed by atoms with Crippen molar-refractivity contribution < 1.29 is 9.59 Å². The molecule has 0 saturated carbocycles. The Kier molecular flexibility index (Phi) is 6.61. The van der Waals surface area contributed by atoms with Gasteiger partial charge in [-0.25, -0.2) is 0 Å². The van der Waals surface area contributed by atoms with E-state index in [1.165, 1.54) is 0 Å². The minimum atomic E-state index is -0.557. The van der Waals surface area contributed by atoms with E-state index in [4.69, 9.17) is 5.73 Å². The molecule has 0 aromatic rings. The highest BCUT2D eigenvalue weighted by atomic mass is 32.1. The van der Waals surface area contributed by atoms with Crippen LogP contribution in [0.1, 0.15) is 26.7 Å². The van der Waals surface area contributed by atoms with Crippen LogP contribution in [0.3, 0.4) is 0 Å². The number of carbonyl (C=O) groups excluding carboxylic acids is 2. The average Bonchev–Trinajstić information content (AvgIpc) is 2.12. The maximum absolute atomic E-state index is 11.3. The molecule has 0 heterocycles. The van der Waals surface area contributed by atoms with E-state index in [9.17, 15) is 9.59 Å². The van der Waals surface area contributed by atoms with Crippen LogP contribution in [-0.2, 0) is 9.59 Å². The van der Waals surface area contributed by atoms with Crippen LogP contribution in [-0.4, -0.2) is 29.4 Å². The van der Waals surface area contributed by atoms with E-state index in [2.05, 4.69) is 22.9 Å². The second-order valence-corrected chi connectivity index (χ2v) is 3.75. The lowest BCUT2D eigenvalue weighted by molar-refractivity contribution is -0.128. The summed E-state index contributed by atoms with van der Waals surface area (Å²) >= 11 is 4.58. The molecule has 5 nitrogen and oxygen atoms in total. The van der Waals surface area contributed by atoms with E-state index in [0.29, 0.717) is 6.54 Å². The van der Waals surface area contributed by atoms with Crippen molar-refractivity contribution >= 4 is 29.0 Å². The molecule has 6 heteroatoms. The van der Waals surface area contributed by atoms with E-state index in [1.807, 2.05) is 6.92 Å². The molecule has 1 atom stereocenters. The van der Waals surface area contributed by atoms with E-state index in [-0.39, 0.29) is 23.2 Å². The van der Waals surface area contributed by atoms with Crippen LogP contribution in [0.5, 0.6) is 0 Å². The predicted octanol–water partition coefficient (Wildman–Crippen LogP) is -0.306. The lowest BCUT2D eigenvalue weighted by atomic mass is 10.3. The summed E-state index contributed by atoms with van der Waals surface area (Å²) < 4.78 is 0. The van der Waals surface area contributed by atoms with Gasteiger partial charge in [0.15, 0.2) is 0 Å². The highest BCUT2D eigenvalue weighted by Crippen LogP contribution is 1.86. The average molecular weight is 231 g/mol. The molecule has 0 saturated heterocycles. The second kappa shape index (κ2) is 7.17. The Balaban J connectivity index is 3.90. The lowest BCUT2D eigenvalue weighted by Crippen LogP contribution is -2.45. The second-order valence-electron chi connectivity index (χ2n) is 3.22. The van der Waals surface area contributed by atoms with Gasteiger partial charge in [-0.1, -0.05) is 19.1 Å². The van der Waals surface area contributed by atoms with Gasteiger partial charge in [-0.15, -0.1) is 0 Å². The molecular weight excluding hydrogens is 214 g/mol. The van der Waals surface area contributed by atoms with Crippen LogP contribution in [0.2, 0.25) is 0 Å². The van der Waals surface area contributed by atoms with Gasteiger partial charge in [0.05, 0.1) is 11.4 Å². The van der Waals surface area contributed by atoms with E-state index < -0.39 is 6.04 Å². The molecule has 86 valence electrons. The van der Waals surface area contributed by atoms with Crippen LogP contribution in [0.4, 0.5) is 0 Å². The molecule has 0 aromatic carbocycles. The van der Waals surface area contributed by atoms with Gasteiger partial charge in [0.2, 0.25) is 11.8 Å². The fraction of sp³-hybridized carbons (Fsp3) is 0.667. The molecule has 0 spiro atoms. The first-order valence-corrected chi connectivity index (χ1v) is 5.23. The zero-order chi connectivity index (χ0) is 11.8. The summed E-state index contributed by atoms with van der Waals surface area (Å²) in [6.45, 7) is 4.17.